The van der Waals surface area contributed by atoms with Crippen molar-refractivity contribution in [2.45, 2.75) is 70.8 Å². The van der Waals surface area contributed by atoms with E-state index in [0.717, 1.165) is 12.5 Å². The van der Waals surface area contributed by atoms with Gasteiger partial charge in [-0.1, -0.05) is 25.7 Å². The monoisotopic (exact) mass is 222 g/mol. The van der Waals surface area contributed by atoms with Gasteiger partial charge in [-0.3, -0.25) is 4.99 Å². The molecule has 1 saturated carbocycles. The van der Waals surface area contributed by atoms with Gasteiger partial charge in [0.2, 0.25) is 0 Å². The third kappa shape index (κ3) is 3.50. The zero-order chi connectivity index (χ0) is 11.2. The first-order valence-corrected chi connectivity index (χ1v) is 7.16. The molecule has 1 aliphatic heterocycles. The molecule has 1 fully saturated rings. The molecule has 1 aliphatic carbocycles. The van der Waals surface area contributed by atoms with Crippen LogP contribution in [0.15, 0.2) is 4.99 Å². The molecule has 0 unspecified atom stereocenters. The van der Waals surface area contributed by atoms with Crippen LogP contribution in [0, 0.1) is 5.92 Å². The number of nitrogens with one attached hydrogen (secondary N) is 1. The number of rotatable bonds is 2. The Labute approximate surface area is 99.9 Å². The van der Waals surface area contributed by atoms with Gasteiger partial charge < -0.3 is 5.32 Å². The van der Waals surface area contributed by atoms with Crippen molar-refractivity contribution in [3.63, 3.8) is 0 Å². The number of nitrogens with zero attached hydrogens (tertiary/aromatic N) is 1. The molecule has 1 heterocycles. The van der Waals surface area contributed by atoms with Crippen LogP contribution in [0.25, 0.3) is 0 Å². The molecule has 0 aromatic rings. The first-order valence-electron chi connectivity index (χ1n) is 7.16. The van der Waals surface area contributed by atoms with Gasteiger partial charge in [0.1, 0.15) is 0 Å². The fourth-order valence-electron chi connectivity index (χ4n) is 3.01. The molecule has 0 bridgehead atoms. The van der Waals surface area contributed by atoms with Gasteiger partial charge in [0.15, 0.2) is 0 Å². The van der Waals surface area contributed by atoms with Crippen molar-refractivity contribution in [2.24, 2.45) is 10.9 Å². The average molecular weight is 222 g/mol. The van der Waals surface area contributed by atoms with Crippen molar-refractivity contribution < 1.29 is 0 Å². The predicted octanol–water partition coefficient (Wildman–Crippen LogP) is 3.52. The first kappa shape index (κ1) is 11.9. The number of aliphatic imine (C=N–C) groups is 1. The Bertz CT molecular complexity index is 227. The van der Waals surface area contributed by atoms with E-state index in [0.29, 0.717) is 6.04 Å². The van der Waals surface area contributed by atoms with Gasteiger partial charge in [0, 0.05) is 19.0 Å². The van der Waals surface area contributed by atoms with E-state index >= 15 is 0 Å². The zero-order valence-electron chi connectivity index (χ0n) is 10.7. The van der Waals surface area contributed by atoms with E-state index in [1.54, 1.807) is 0 Å². The summed E-state index contributed by atoms with van der Waals surface area (Å²) in [5.41, 5.74) is 0. The van der Waals surface area contributed by atoms with E-state index < -0.39 is 0 Å². The second kappa shape index (κ2) is 6.27. The lowest BCUT2D eigenvalue weighted by molar-refractivity contribution is 0.367. The Morgan fingerprint density at radius 2 is 1.81 bits per heavy atom. The van der Waals surface area contributed by atoms with Gasteiger partial charge in [0.25, 0.3) is 0 Å². The van der Waals surface area contributed by atoms with Crippen molar-refractivity contribution in [1.29, 1.82) is 0 Å². The molecule has 2 aliphatic rings. The average Bonchev–Trinajstić information content (AvgIpc) is 2.59. The highest BCUT2D eigenvalue weighted by molar-refractivity contribution is 5.82. The quantitative estimate of drug-likeness (QED) is 0.710. The molecule has 16 heavy (non-hydrogen) atoms. The molecule has 2 heteroatoms. The highest BCUT2D eigenvalue weighted by Crippen LogP contribution is 2.25. The van der Waals surface area contributed by atoms with Crippen LogP contribution in [0.1, 0.15) is 64.7 Å². The summed E-state index contributed by atoms with van der Waals surface area (Å²) in [6.45, 7) is 3.40. The summed E-state index contributed by atoms with van der Waals surface area (Å²) >= 11 is 0. The van der Waals surface area contributed by atoms with Gasteiger partial charge in [-0.25, -0.2) is 0 Å². The van der Waals surface area contributed by atoms with E-state index in [1.807, 2.05) is 0 Å². The van der Waals surface area contributed by atoms with Crippen LogP contribution < -0.4 is 5.32 Å². The summed E-state index contributed by atoms with van der Waals surface area (Å²) in [7, 11) is 0. The minimum absolute atomic E-state index is 0.634. The number of amidine groups is 1. The maximum atomic E-state index is 4.59. The van der Waals surface area contributed by atoms with Crippen molar-refractivity contribution in [3.05, 3.63) is 0 Å². The van der Waals surface area contributed by atoms with Gasteiger partial charge in [0.05, 0.1) is 5.84 Å². The van der Waals surface area contributed by atoms with Crippen LogP contribution in [0.2, 0.25) is 0 Å². The molecule has 92 valence electrons. The summed E-state index contributed by atoms with van der Waals surface area (Å²) in [6, 6.07) is 0.634. The molecule has 1 N–H and O–H groups in total. The molecule has 0 aromatic carbocycles. The highest BCUT2D eigenvalue weighted by atomic mass is 15.0. The van der Waals surface area contributed by atoms with Crippen LogP contribution in [-0.2, 0) is 0 Å². The Morgan fingerprint density at radius 3 is 2.44 bits per heavy atom. The maximum Gasteiger partial charge on any atom is 0.0965 e. The predicted molar refractivity (Wildman–Crippen MR) is 69.9 cm³/mol. The summed E-state index contributed by atoms with van der Waals surface area (Å²) in [4.78, 5) is 4.59. The topological polar surface area (TPSA) is 24.4 Å². The standard InChI is InChI=1S/C14H26N2/c1-12(13-8-4-2-3-5-9-13)16-14-10-6-7-11-15-14/h12-13H,2-11H2,1H3,(H,15,16)/t12-/m1/s1. The Kier molecular flexibility index (Phi) is 4.68. The second-order valence-corrected chi connectivity index (χ2v) is 5.47. The van der Waals surface area contributed by atoms with Crippen molar-refractivity contribution in [1.82, 2.24) is 5.32 Å². The van der Waals surface area contributed by atoms with Crippen molar-refractivity contribution in [3.8, 4) is 0 Å². The minimum atomic E-state index is 0.634. The minimum Gasteiger partial charge on any atom is -0.371 e. The van der Waals surface area contributed by atoms with Gasteiger partial charge in [-0.2, -0.15) is 0 Å². The Morgan fingerprint density at radius 1 is 1.06 bits per heavy atom. The first-order chi connectivity index (χ1) is 7.86. The van der Waals surface area contributed by atoms with E-state index in [2.05, 4.69) is 17.2 Å². The van der Waals surface area contributed by atoms with Crippen LogP contribution in [0.3, 0.4) is 0 Å². The molecular formula is C14H26N2. The lowest BCUT2D eigenvalue weighted by Crippen LogP contribution is -2.38. The third-order valence-electron chi connectivity index (χ3n) is 4.13. The lowest BCUT2D eigenvalue weighted by atomic mass is 9.93. The normalized spacial score (nSPS) is 25.7. The van der Waals surface area contributed by atoms with Crippen LogP contribution in [0.5, 0.6) is 0 Å². The largest absolute Gasteiger partial charge is 0.371 e. The summed E-state index contributed by atoms with van der Waals surface area (Å²) < 4.78 is 0. The second-order valence-electron chi connectivity index (χ2n) is 5.47. The van der Waals surface area contributed by atoms with E-state index in [1.165, 1.54) is 63.6 Å². The van der Waals surface area contributed by atoms with Crippen LogP contribution in [0.4, 0.5) is 0 Å². The van der Waals surface area contributed by atoms with Gasteiger partial charge in [-0.05, 0) is 38.5 Å². The molecule has 0 saturated heterocycles. The Hall–Kier alpha value is -0.530. The SMILES string of the molecule is C[C@@H](NC1=NCCCC1)C1CCCCCC1. The van der Waals surface area contributed by atoms with E-state index in [-0.39, 0.29) is 0 Å². The molecule has 0 amide bonds. The zero-order valence-corrected chi connectivity index (χ0v) is 10.7. The van der Waals surface area contributed by atoms with Crippen molar-refractivity contribution >= 4 is 5.84 Å². The summed E-state index contributed by atoms with van der Waals surface area (Å²) in [5.74, 6) is 2.16. The summed E-state index contributed by atoms with van der Waals surface area (Å²) in [6.07, 6.45) is 12.4. The van der Waals surface area contributed by atoms with Gasteiger partial charge in [-0.15, -0.1) is 0 Å². The van der Waals surface area contributed by atoms with Crippen molar-refractivity contribution in [2.75, 3.05) is 6.54 Å². The lowest BCUT2D eigenvalue weighted by Gasteiger charge is -2.26. The summed E-state index contributed by atoms with van der Waals surface area (Å²) in [5, 5.41) is 3.67. The van der Waals surface area contributed by atoms with E-state index in [4.69, 9.17) is 0 Å². The molecule has 0 spiro atoms. The Balaban J connectivity index is 1.81. The molecule has 2 nitrogen and oxygen atoms in total. The molecule has 0 aromatic heterocycles. The van der Waals surface area contributed by atoms with Crippen LogP contribution >= 0.6 is 0 Å². The maximum absolute atomic E-state index is 4.59. The van der Waals surface area contributed by atoms with Crippen LogP contribution in [-0.4, -0.2) is 18.4 Å². The molecular weight excluding hydrogens is 196 g/mol. The fourth-order valence-corrected chi connectivity index (χ4v) is 3.01. The fraction of sp³-hybridized carbons (Fsp3) is 0.929. The molecule has 1 atom stereocenters. The molecule has 0 radical (unpaired) electrons. The highest BCUT2D eigenvalue weighted by Gasteiger charge is 2.20. The third-order valence-corrected chi connectivity index (χ3v) is 4.13. The molecule has 2 rings (SSSR count). The number of hydrogen-bond acceptors (Lipinski definition) is 2. The smallest absolute Gasteiger partial charge is 0.0965 e. The van der Waals surface area contributed by atoms with E-state index in [9.17, 15) is 0 Å². The van der Waals surface area contributed by atoms with Gasteiger partial charge >= 0.3 is 0 Å². The number of hydrogen-bond donors (Lipinski definition) is 1.